The minimum Gasteiger partial charge on any atom is -0.394 e. The van der Waals surface area contributed by atoms with Gasteiger partial charge in [-0.25, -0.2) is 0 Å². The minimum absolute atomic E-state index is 0.0310. The molecular formula is C46H89N3O6. The summed E-state index contributed by atoms with van der Waals surface area (Å²) in [6.45, 7) is 3.81. The molecule has 0 bridgehead atoms. The van der Waals surface area contributed by atoms with E-state index in [1.807, 2.05) is 0 Å². The van der Waals surface area contributed by atoms with Crippen LogP contribution in [0.15, 0.2) is 12.2 Å². The fraction of sp³-hybridized carbons (Fsp3) is 0.891. The van der Waals surface area contributed by atoms with Crippen LogP contribution < -0.4 is 16.0 Å². The summed E-state index contributed by atoms with van der Waals surface area (Å²) in [5.41, 5.74) is -1.53. The summed E-state index contributed by atoms with van der Waals surface area (Å²) in [5, 5.41) is 36.9. The molecule has 55 heavy (non-hydrogen) atoms. The van der Waals surface area contributed by atoms with Gasteiger partial charge in [0.2, 0.25) is 17.7 Å². The number of hydrogen-bond donors (Lipinski definition) is 6. The molecule has 1 atom stereocenters. The minimum atomic E-state index is -1.53. The van der Waals surface area contributed by atoms with Gasteiger partial charge in [0, 0.05) is 19.5 Å². The number of hydrogen-bond acceptors (Lipinski definition) is 6. The van der Waals surface area contributed by atoms with Crippen LogP contribution in [0.25, 0.3) is 0 Å². The third kappa shape index (κ3) is 33.8. The maximum Gasteiger partial charge on any atom is 0.244 e. The predicted molar refractivity (Wildman–Crippen MR) is 230 cm³/mol. The molecule has 1 unspecified atom stereocenters. The molecule has 0 aromatic heterocycles. The van der Waals surface area contributed by atoms with Gasteiger partial charge in [0.1, 0.15) is 5.54 Å². The zero-order valence-corrected chi connectivity index (χ0v) is 36.0. The topological polar surface area (TPSA) is 148 Å². The van der Waals surface area contributed by atoms with Gasteiger partial charge < -0.3 is 31.3 Å². The molecule has 0 rings (SSSR count). The van der Waals surface area contributed by atoms with Gasteiger partial charge in [-0.1, -0.05) is 200 Å². The van der Waals surface area contributed by atoms with Gasteiger partial charge in [-0.05, 0) is 25.3 Å². The number of unbranched alkanes of at least 4 members (excludes halogenated alkanes) is 28. The van der Waals surface area contributed by atoms with Crippen LogP contribution in [-0.2, 0) is 14.4 Å². The number of aliphatic hydroxyl groups is 3. The lowest BCUT2D eigenvalue weighted by Gasteiger charge is -2.27. The van der Waals surface area contributed by atoms with E-state index in [1.54, 1.807) is 0 Å². The van der Waals surface area contributed by atoms with Gasteiger partial charge in [-0.2, -0.15) is 0 Å². The second-order valence-corrected chi connectivity index (χ2v) is 16.3. The Hall–Kier alpha value is -1.97. The van der Waals surface area contributed by atoms with E-state index in [2.05, 4.69) is 29.8 Å². The van der Waals surface area contributed by atoms with Crippen molar-refractivity contribution in [3.8, 4) is 0 Å². The fourth-order valence-corrected chi connectivity index (χ4v) is 7.07. The number of allylic oxidation sites excluding steroid dienone is 1. The van der Waals surface area contributed by atoms with Crippen LogP contribution in [0.4, 0.5) is 0 Å². The molecule has 9 nitrogen and oxygen atoms in total. The lowest BCUT2D eigenvalue weighted by atomic mass is 9.98. The maximum atomic E-state index is 13.2. The van der Waals surface area contributed by atoms with E-state index in [0.29, 0.717) is 13.1 Å². The van der Waals surface area contributed by atoms with E-state index in [9.17, 15) is 29.7 Å². The van der Waals surface area contributed by atoms with E-state index in [1.165, 1.54) is 173 Å². The van der Waals surface area contributed by atoms with Gasteiger partial charge >= 0.3 is 0 Å². The molecule has 0 aromatic carbocycles. The smallest absolute Gasteiger partial charge is 0.244 e. The van der Waals surface area contributed by atoms with Gasteiger partial charge in [0.05, 0.1) is 25.7 Å². The quantitative estimate of drug-likeness (QED) is 0.0269. The molecule has 0 aliphatic heterocycles. The summed E-state index contributed by atoms with van der Waals surface area (Å²) < 4.78 is 0. The van der Waals surface area contributed by atoms with Crippen LogP contribution in [0.3, 0.4) is 0 Å². The average molecular weight is 780 g/mol. The third-order valence-electron chi connectivity index (χ3n) is 11.0. The summed E-state index contributed by atoms with van der Waals surface area (Å²) in [6, 6.07) is 0. The van der Waals surface area contributed by atoms with Gasteiger partial charge in [-0.15, -0.1) is 0 Å². The molecule has 9 heteroatoms. The summed E-state index contributed by atoms with van der Waals surface area (Å²) in [4.78, 5) is 38.4. The van der Waals surface area contributed by atoms with E-state index >= 15 is 0 Å². The van der Waals surface area contributed by atoms with Crippen LogP contribution in [0.1, 0.15) is 219 Å². The molecule has 0 heterocycles. The van der Waals surface area contributed by atoms with Crippen molar-refractivity contribution in [2.45, 2.75) is 225 Å². The van der Waals surface area contributed by atoms with E-state index in [-0.39, 0.29) is 24.7 Å². The monoisotopic (exact) mass is 780 g/mol. The van der Waals surface area contributed by atoms with Crippen molar-refractivity contribution in [2.75, 3.05) is 32.9 Å². The van der Waals surface area contributed by atoms with Crippen LogP contribution in [-0.4, -0.2) is 71.5 Å². The zero-order valence-electron chi connectivity index (χ0n) is 36.0. The number of rotatable bonds is 42. The lowest BCUT2D eigenvalue weighted by Crippen LogP contribution is -2.56. The van der Waals surface area contributed by atoms with Gasteiger partial charge in [0.25, 0.3) is 0 Å². The first-order valence-corrected chi connectivity index (χ1v) is 23.2. The number of carbonyl (C=O) groups is 3. The van der Waals surface area contributed by atoms with E-state index in [0.717, 1.165) is 32.1 Å². The van der Waals surface area contributed by atoms with Crippen LogP contribution in [0.5, 0.6) is 0 Å². The van der Waals surface area contributed by atoms with Crippen LogP contribution in [0, 0.1) is 5.92 Å². The Balaban J connectivity index is 4.40. The molecule has 0 aliphatic rings. The van der Waals surface area contributed by atoms with Crippen molar-refractivity contribution in [1.82, 2.24) is 16.0 Å². The Morgan fingerprint density at radius 1 is 0.491 bits per heavy atom. The molecule has 0 radical (unpaired) electrons. The number of aliphatic hydroxyl groups excluding tert-OH is 3. The van der Waals surface area contributed by atoms with Crippen molar-refractivity contribution in [1.29, 1.82) is 0 Å². The predicted octanol–water partition coefficient (Wildman–Crippen LogP) is 9.75. The molecule has 0 spiro atoms. The molecule has 0 saturated carbocycles. The highest BCUT2D eigenvalue weighted by Crippen LogP contribution is 2.16. The molecule has 0 aromatic rings. The van der Waals surface area contributed by atoms with Crippen LogP contribution in [0.2, 0.25) is 0 Å². The summed E-state index contributed by atoms with van der Waals surface area (Å²) >= 11 is 0. The largest absolute Gasteiger partial charge is 0.394 e. The fourth-order valence-electron chi connectivity index (χ4n) is 7.07. The molecule has 0 saturated heterocycles. The molecule has 3 amide bonds. The molecule has 0 aliphatic carbocycles. The Labute approximate surface area is 338 Å². The van der Waals surface area contributed by atoms with E-state index < -0.39 is 37.2 Å². The molecular weight excluding hydrogens is 691 g/mol. The Bertz CT molecular complexity index is 902. The average Bonchev–Trinajstić information content (AvgIpc) is 3.19. The Kier molecular flexibility index (Phi) is 38.8. The highest BCUT2D eigenvalue weighted by Gasteiger charge is 2.29. The SMILES string of the molecule is CCCCCCCCCCCCCCCCCNC(=O)CC(C/C=C/C(=O)NC(CO)(CO)CO)C(=O)NCCCCCCCCCCCCCCCCC. The standard InChI is InChI=1S/C46H89N3O6/c1-3-5-7-9-11-13-15-17-19-21-23-25-27-29-31-36-47-44(54)38-42(34-33-35-43(53)49-46(39-50,40-51)41-52)45(55)48-37-32-30-28-26-24-22-20-18-16-14-12-10-8-6-4-2/h33,35,42,50-52H,3-32,34,36-41H2,1-2H3,(H,47,54)(H,48,55)(H,49,53)/b35-33+. The van der Waals surface area contributed by atoms with Crippen molar-refractivity contribution >= 4 is 17.7 Å². The molecule has 6 N–H and O–H groups in total. The summed E-state index contributed by atoms with van der Waals surface area (Å²) in [5.74, 6) is -1.60. The second kappa shape index (κ2) is 40.2. The zero-order chi connectivity index (χ0) is 40.5. The Morgan fingerprint density at radius 3 is 1.16 bits per heavy atom. The highest BCUT2D eigenvalue weighted by molar-refractivity contribution is 5.89. The normalized spacial score (nSPS) is 12.3. The second-order valence-electron chi connectivity index (χ2n) is 16.3. The number of carbonyl (C=O) groups excluding carboxylic acids is 3. The van der Waals surface area contributed by atoms with Crippen LogP contribution >= 0.6 is 0 Å². The van der Waals surface area contributed by atoms with Gasteiger partial charge in [-0.3, -0.25) is 14.4 Å². The lowest BCUT2D eigenvalue weighted by molar-refractivity contribution is -0.130. The number of amides is 3. The first-order valence-electron chi connectivity index (χ1n) is 23.2. The first kappa shape index (κ1) is 53.0. The third-order valence-corrected chi connectivity index (χ3v) is 11.0. The van der Waals surface area contributed by atoms with Crippen molar-refractivity contribution in [3.63, 3.8) is 0 Å². The first-order chi connectivity index (χ1) is 26.9. The number of nitrogens with one attached hydrogen (secondary N) is 3. The maximum absolute atomic E-state index is 13.2. The van der Waals surface area contributed by atoms with Crippen molar-refractivity contribution < 1.29 is 29.7 Å². The van der Waals surface area contributed by atoms with E-state index in [4.69, 9.17) is 0 Å². The van der Waals surface area contributed by atoms with Crippen molar-refractivity contribution in [3.05, 3.63) is 12.2 Å². The highest BCUT2D eigenvalue weighted by atomic mass is 16.3. The summed E-state index contributed by atoms with van der Waals surface area (Å²) in [7, 11) is 0. The summed E-state index contributed by atoms with van der Waals surface area (Å²) in [6.07, 6.45) is 41.5. The Morgan fingerprint density at radius 2 is 0.818 bits per heavy atom. The van der Waals surface area contributed by atoms with Crippen molar-refractivity contribution in [2.24, 2.45) is 5.92 Å². The molecule has 0 fully saturated rings. The van der Waals surface area contributed by atoms with Gasteiger partial charge in [0.15, 0.2) is 0 Å². The molecule has 324 valence electrons.